The molecule has 188 valence electrons. The van der Waals surface area contributed by atoms with Crippen LogP contribution in [0.1, 0.15) is 66.1 Å². The van der Waals surface area contributed by atoms with Gasteiger partial charge in [0.2, 0.25) is 5.91 Å². The van der Waals surface area contributed by atoms with Crippen molar-refractivity contribution >= 4 is 46.0 Å². The maximum atomic E-state index is 12.5. The first kappa shape index (κ1) is 27.3. The van der Waals surface area contributed by atoms with Gasteiger partial charge in [-0.2, -0.15) is 0 Å². The molecule has 1 aliphatic heterocycles. The zero-order chi connectivity index (χ0) is 25.6. The summed E-state index contributed by atoms with van der Waals surface area (Å²) in [6, 6.07) is 0. The van der Waals surface area contributed by atoms with Gasteiger partial charge in [-0.25, -0.2) is 4.79 Å². The first-order valence-electron chi connectivity index (χ1n) is 11.2. The van der Waals surface area contributed by atoms with Crippen molar-refractivity contribution < 1.29 is 33.4 Å². The fourth-order valence-electron chi connectivity index (χ4n) is 3.59. The van der Waals surface area contributed by atoms with Crippen molar-refractivity contribution in [3.63, 3.8) is 0 Å². The summed E-state index contributed by atoms with van der Waals surface area (Å²) >= 11 is 0.946. The van der Waals surface area contributed by atoms with E-state index in [1.807, 2.05) is 20.8 Å². The minimum Gasteiger partial charge on any atom is -0.462 e. The number of hydrogen-bond acceptors (Lipinski definition) is 8. The maximum Gasteiger partial charge on any atom is 0.341 e. The Kier molecular flexibility index (Phi) is 9.20. The lowest BCUT2D eigenvalue weighted by atomic mass is 9.91. The average molecular weight is 496 g/mol. The SMILES string of the molecule is CCOC(=O)c1c(NC(=O)COC(=O)C2CCN(C(=O)C(C)(C)C)CC2)sc(C(=O)NC)c1C. The van der Waals surface area contributed by atoms with E-state index in [1.54, 1.807) is 18.7 Å². The number of anilines is 1. The molecular formula is C23H33N3O7S. The predicted octanol–water partition coefficient (Wildman–Crippen LogP) is 2.36. The number of hydrogen-bond donors (Lipinski definition) is 2. The van der Waals surface area contributed by atoms with Crippen LogP contribution in [0.4, 0.5) is 5.00 Å². The summed E-state index contributed by atoms with van der Waals surface area (Å²) in [6.07, 6.45) is 0.934. The molecule has 34 heavy (non-hydrogen) atoms. The Balaban J connectivity index is 1.97. The molecule has 0 bridgehead atoms. The summed E-state index contributed by atoms with van der Waals surface area (Å²) < 4.78 is 10.2. The van der Waals surface area contributed by atoms with E-state index in [0.717, 1.165) is 11.3 Å². The number of carbonyl (C=O) groups is 5. The molecule has 1 saturated heterocycles. The van der Waals surface area contributed by atoms with Gasteiger partial charge >= 0.3 is 11.9 Å². The lowest BCUT2D eigenvalue weighted by molar-refractivity contribution is -0.155. The van der Waals surface area contributed by atoms with Gasteiger partial charge < -0.3 is 25.0 Å². The van der Waals surface area contributed by atoms with Crippen LogP contribution in [0.5, 0.6) is 0 Å². The summed E-state index contributed by atoms with van der Waals surface area (Å²) in [6.45, 7) is 9.34. The van der Waals surface area contributed by atoms with Crippen molar-refractivity contribution in [2.75, 3.05) is 38.7 Å². The third-order valence-electron chi connectivity index (χ3n) is 5.42. The Morgan fingerprint density at radius 2 is 1.71 bits per heavy atom. The Hall–Kier alpha value is -2.95. The van der Waals surface area contributed by atoms with E-state index in [-0.39, 0.29) is 28.0 Å². The summed E-state index contributed by atoms with van der Waals surface area (Å²) in [4.78, 5) is 63.8. The fourth-order valence-corrected chi connectivity index (χ4v) is 4.75. The summed E-state index contributed by atoms with van der Waals surface area (Å²) in [5.74, 6) is -2.54. The maximum absolute atomic E-state index is 12.5. The number of nitrogens with zero attached hydrogens (tertiary/aromatic N) is 1. The minimum atomic E-state index is -0.657. The highest BCUT2D eigenvalue weighted by molar-refractivity contribution is 7.18. The van der Waals surface area contributed by atoms with Crippen LogP contribution in [0.3, 0.4) is 0 Å². The Morgan fingerprint density at radius 3 is 2.24 bits per heavy atom. The topological polar surface area (TPSA) is 131 Å². The largest absolute Gasteiger partial charge is 0.462 e. The molecule has 2 N–H and O–H groups in total. The molecule has 0 spiro atoms. The molecule has 11 heteroatoms. The fraction of sp³-hybridized carbons (Fsp3) is 0.609. The van der Waals surface area contributed by atoms with Gasteiger partial charge in [-0.1, -0.05) is 20.8 Å². The molecular weight excluding hydrogens is 462 g/mol. The van der Waals surface area contributed by atoms with Gasteiger partial charge in [0.15, 0.2) is 6.61 Å². The van der Waals surface area contributed by atoms with Crippen LogP contribution in [0, 0.1) is 18.3 Å². The van der Waals surface area contributed by atoms with Gasteiger partial charge in [-0.05, 0) is 32.3 Å². The van der Waals surface area contributed by atoms with Crippen molar-refractivity contribution in [3.8, 4) is 0 Å². The van der Waals surface area contributed by atoms with Crippen LogP contribution >= 0.6 is 11.3 Å². The van der Waals surface area contributed by atoms with Crippen molar-refractivity contribution in [1.29, 1.82) is 0 Å². The van der Waals surface area contributed by atoms with Crippen molar-refractivity contribution in [1.82, 2.24) is 10.2 Å². The third kappa shape index (κ3) is 6.55. The van der Waals surface area contributed by atoms with Gasteiger partial charge in [0.25, 0.3) is 11.8 Å². The predicted molar refractivity (Wildman–Crippen MR) is 127 cm³/mol. The highest BCUT2D eigenvalue weighted by Crippen LogP contribution is 2.34. The number of esters is 2. The number of carbonyl (C=O) groups excluding carboxylic acids is 5. The molecule has 3 amide bonds. The number of likely N-dealkylation sites (tertiary alicyclic amines) is 1. The second-order valence-electron chi connectivity index (χ2n) is 9.03. The van der Waals surface area contributed by atoms with Gasteiger partial charge in [0.05, 0.1) is 23.0 Å². The van der Waals surface area contributed by atoms with Crippen LogP contribution in [0.25, 0.3) is 0 Å². The van der Waals surface area contributed by atoms with Gasteiger partial charge in [0, 0.05) is 25.6 Å². The molecule has 1 aliphatic rings. The van der Waals surface area contributed by atoms with Crippen LogP contribution < -0.4 is 10.6 Å². The Morgan fingerprint density at radius 1 is 1.09 bits per heavy atom. The highest BCUT2D eigenvalue weighted by Gasteiger charge is 2.33. The Labute approximate surface area is 203 Å². The van der Waals surface area contributed by atoms with E-state index in [1.165, 1.54) is 7.05 Å². The van der Waals surface area contributed by atoms with E-state index in [2.05, 4.69) is 10.6 Å². The smallest absolute Gasteiger partial charge is 0.341 e. The van der Waals surface area contributed by atoms with Crippen molar-refractivity contribution in [2.45, 2.75) is 47.5 Å². The number of amides is 3. The molecule has 10 nitrogen and oxygen atoms in total. The second-order valence-corrected chi connectivity index (χ2v) is 10.1. The molecule has 2 rings (SSSR count). The molecule has 2 heterocycles. The first-order valence-corrected chi connectivity index (χ1v) is 12.0. The zero-order valence-corrected chi connectivity index (χ0v) is 21.3. The standard InChI is InChI=1S/C23H33N3O7S/c1-7-32-21(30)16-13(2)17(18(28)24-6)34-19(16)25-15(27)12-33-20(29)14-8-10-26(11-9-14)22(31)23(3,4)5/h14H,7-12H2,1-6H3,(H,24,28)(H,25,27). The summed E-state index contributed by atoms with van der Waals surface area (Å²) in [5.41, 5.74) is 0.0127. The average Bonchev–Trinajstić information content (AvgIpc) is 3.11. The van der Waals surface area contributed by atoms with Gasteiger partial charge in [-0.3, -0.25) is 19.2 Å². The Bertz CT molecular complexity index is 957. The van der Waals surface area contributed by atoms with Crippen LogP contribution in [-0.2, 0) is 23.9 Å². The van der Waals surface area contributed by atoms with Gasteiger partial charge in [-0.15, -0.1) is 11.3 Å². The molecule has 0 unspecified atom stereocenters. The number of rotatable bonds is 7. The quantitative estimate of drug-likeness (QED) is 0.555. The van der Waals surface area contributed by atoms with Crippen molar-refractivity contribution in [2.24, 2.45) is 11.3 Å². The highest BCUT2D eigenvalue weighted by atomic mass is 32.1. The molecule has 0 aromatic carbocycles. The van der Waals surface area contributed by atoms with E-state index in [4.69, 9.17) is 9.47 Å². The number of ether oxygens (including phenoxy) is 2. The zero-order valence-electron chi connectivity index (χ0n) is 20.5. The second kappa shape index (κ2) is 11.5. The van der Waals surface area contributed by atoms with Crippen LogP contribution in [0.15, 0.2) is 0 Å². The number of thiophene rings is 1. The third-order valence-corrected chi connectivity index (χ3v) is 6.62. The lowest BCUT2D eigenvalue weighted by Gasteiger charge is -2.34. The van der Waals surface area contributed by atoms with Crippen LogP contribution in [0.2, 0.25) is 0 Å². The monoisotopic (exact) mass is 495 g/mol. The molecule has 1 aromatic heterocycles. The lowest BCUT2D eigenvalue weighted by Crippen LogP contribution is -2.45. The molecule has 0 atom stereocenters. The van der Waals surface area contributed by atoms with E-state index < -0.39 is 41.7 Å². The van der Waals surface area contributed by atoms with E-state index >= 15 is 0 Å². The molecule has 1 fully saturated rings. The van der Waals surface area contributed by atoms with E-state index in [9.17, 15) is 24.0 Å². The van der Waals surface area contributed by atoms with Crippen molar-refractivity contribution in [3.05, 3.63) is 16.0 Å². The summed E-state index contributed by atoms with van der Waals surface area (Å²) in [5, 5.41) is 5.21. The minimum absolute atomic E-state index is 0.0402. The van der Waals surface area contributed by atoms with Gasteiger partial charge in [0.1, 0.15) is 5.00 Å². The number of nitrogens with one attached hydrogen (secondary N) is 2. The first-order chi connectivity index (χ1) is 15.9. The van der Waals surface area contributed by atoms with E-state index in [0.29, 0.717) is 31.5 Å². The van der Waals surface area contributed by atoms with Crippen LogP contribution in [-0.4, -0.2) is 67.9 Å². The molecule has 1 aromatic rings. The summed E-state index contributed by atoms with van der Waals surface area (Å²) in [7, 11) is 1.47. The molecule has 0 radical (unpaired) electrons. The molecule has 0 aliphatic carbocycles. The normalized spacial score (nSPS) is 14.4. The number of piperidine rings is 1. The molecule has 0 saturated carbocycles.